The van der Waals surface area contributed by atoms with E-state index in [1.54, 1.807) is 0 Å². The Hall–Kier alpha value is -1.20. The van der Waals surface area contributed by atoms with E-state index < -0.39 is 18.9 Å². The number of hydrogen-bond acceptors (Lipinski definition) is 3. The molecule has 0 aromatic carbocycles. The highest BCUT2D eigenvalue weighted by Crippen LogP contribution is 2.07. The molecule has 0 heterocycles. The maximum atomic E-state index is 11.8. The van der Waals surface area contributed by atoms with Crippen LogP contribution in [0.2, 0.25) is 0 Å². The number of carbonyl (C=O) groups excluding carboxylic acids is 1. The third kappa shape index (κ3) is 4.24. The Kier molecular flexibility index (Phi) is 4.09. The van der Waals surface area contributed by atoms with Crippen molar-refractivity contribution < 1.29 is 27.4 Å². The smallest absolute Gasteiger partial charge is 0.404 e. The molecule has 1 unspecified atom stereocenters. The van der Waals surface area contributed by atoms with Gasteiger partial charge in [0.1, 0.15) is 0 Å². The lowest BCUT2D eigenvalue weighted by Crippen LogP contribution is -2.20. The average molecular weight is 170 g/mol. The van der Waals surface area contributed by atoms with E-state index in [1.807, 2.05) is 0 Å². The van der Waals surface area contributed by atoms with Crippen LogP contribution in [0.5, 0.6) is 0 Å². The van der Waals surface area contributed by atoms with Crippen LogP contribution in [0, 0.1) is 0 Å². The Labute approximate surface area is 60.4 Å². The molecular weight excluding hydrogens is 165 g/mol. The van der Waals surface area contributed by atoms with Gasteiger partial charge in [0.15, 0.2) is 0 Å². The van der Waals surface area contributed by atoms with Crippen LogP contribution in [-0.4, -0.2) is 18.9 Å². The van der Waals surface area contributed by atoms with Gasteiger partial charge in [0.25, 0.3) is 0 Å². The summed E-state index contributed by atoms with van der Waals surface area (Å²) >= 11 is 0. The van der Waals surface area contributed by atoms with Crippen molar-refractivity contribution in [1.82, 2.24) is 0 Å². The van der Waals surface area contributed by atoms with E-state index in [4.69, 9.17) is 0 Å². The van der Waals surface area contributed by atoms with Gasteiger partial charge < -0.3 is 9.47 Å². The molecule has 0 radical (unpaired) electrons. The molecule has 0 bridgehead atoms. The zero-order chi connectivity index (χ0) is 8.85. The normalized spacial score (nSPS) is 12.4. The second kappa shape index (κ2) is 4.59. The van der Waals surface area contributed by atoms with Crippen molar-refractivity contribution in [1.29, 1.82) is 0 Å². The zero-order valence-electron chi connectivity index (χ0n) is 5.30. The second-order valence-electron chi connectivity index (χ2n) is 1.34. The van der Waals surface area contributed by atoms with E-state index in [0.717, 1.165) is 0 Å². The molecule has 0 aromatic heterocycles. The number of rotatable bonds is 3. The molecule has 0 aliphatic heterocycles. The van der Waals surface area contributed by atoms with E-state index in [1.165, 1.54) is 0 Å². The summed E-state index contributed by atoms with van der Waals surface area (Å²) in [5, 5.41) is 0. The van der Waals surface area contributed by atoms with Gasteiger partial charge in [0.2, 0.25) is 0 Å². The Morgan fingerprint density at radius 2 is 2.00 bits per heavy atom. The summed E-state index contributed by atoms with van der Waals surface area (Å²) in [4.78, 5) is 10.1. The molecule has 0 spiro atoms. The topological polar surface area (TPSA) is 35.5 Å². The third-order valence-corrected chi connectivity index (χ3v) is 0.586. The number of alkyl halides is 3. The van der Waals surface area contributed by atoms with Crippen molar-refractivity contribution in [3.05, 3.63) is 12.8 Å². The average Bonchev–Trinajstić information content (AvgIpc) is 1.87. The third-order valence-electron chi connectivity index (χ3n) is 0.586. The predicted octanol–water partition coefficient (Wildman–Crippen LogP) is 1.84. The molecule has 64 valence electrons. The van der Waals surface area contributed by atoms with Crippen molar-refractivity contribution in [2.45, 2.75) is 12.8 Å². The number of ether oxygens (including phenoxy) is 2. The predicted molar refractivity (Wildman–Crippen MR) is 28.7 cm³/mol. The van der Waals surface area contributed by atoms with E-state index in [9.17, 15) is 18.0 Å². The minimum Gasteiger partial charge on any atom is -0.404 e. The summed E-state index contributed by atoms with van der Waals surface area (Å²) in [5.41, 5.74) is 0. The first-order valence-corrected chi connectivity index (χ1v) is 2.48. The van der Waals surface area contributed by atoms with Crippen LogP contribution in [0.1, 0.15) is 0 Å². The Morgan fingerprint density at radius 1 is 1.45 bits per heavy atom. The summed E-state index contributed by atoms with van der Waals surface area (Å²) < 4.78 is 41.6. The van der Waals surface area contributed by atoms with E-state index in [-0.39, 0.29) is 0 Å². The first-order valence-electron chi connectivity index (χ1n) is 2.48. The Morgan fingerprint density at radius 3 is 2.36 bits per heavy atom. The molecule has 11 heavy (non-hydrogen) atoms. The molecule has 0 amide bonds. The van der Waals surface area contributed by atoms with Crippen LogP contribution < -0.4 is 0 Å². The monoisotopic (exact) mass is 170 g/mol. The van der Waals surface area contributed by atoms with Crippen LogP contribution in [0.3, 0.4) is 0 Å². The van der Waals surface area contributed by atoms with E-state index in [2.05, 4.69) is 16.1 Å². The quantitative estimate of drug-likeness (QED) is 0.478. The first-order chi connectivity index (χ1) is 5.07. The first kappa shape index (κ1) is 9.80. The van der Waals surface area contributed by atoms with Gasteiger partial charge in [-0.3, -0.25) is 0 Å². The van der Waals surface area contributed by atoms with Crippen molar-refractivity contribution in [3.8, 4) is 0 Å². The number of halogens is 3. The molecule has 3 nitrogen and oxygen atoms in total. The molecule has 0 rings (SSSR count). The minimum atomic E-state index is -3.37. The van der Waals surface area contributed by atoms with Gasteiger partial charge in [0.05, 0.1) is 6.26 Å². The molecule has 0 saturated carbocycles. The van der Waals surface area contributed by atoms with Gasteiger partial charge in [0, 0.05) is 0 Å². The molecule has 0 fully saturated rings. The fourth-order valence-corrected chi connectivity index (χ4v) is 0.239. The lowest BCUT2D eigenvalue weighted by Gasteiger charge is -2.06. The molecule has 0 aliphatic rings. The van der Waals surface area contributed by atoms with E-state index >= 15 is 0 Å². The largest absolute Gasteiger partial charge is 0.516 e. The van der Waals surface area contributed by atoms with Crippen molar-refractivity contribution in [2.75, 3.05) is 0 Å². The number of hydrogen-bond donors (Lipinski definition) is 0. The van der Waals surface area contributed by atoms with Gasteiger partial charge in [-0.1, -0.05) is 6.58 Å². The fourth-order valence-electron chi connectivity index (χ4n) is 0.239. The minimum absolute atomic E-state index is 0.639. The Balaban J connectivity index is 3.65. The van der Waals surface area contributed by atoms with Crippen molar-refractivity contribution in [2.24, 2.45) is 0 Å². The SMILES string of the molecule is C=COC(=O)OC(F)C(F)F. The summed E-state index contributed by atoms with van der Waals surface area (Å²) in [6, 6.07) is 0. The number of carbonyl (C=O) groups is 1. The summed E-state index contributed by atoms with van der Waals surface area (Å²) in [6.45, 7) is 2.92. The Bertz CT molecular complexity index is 148. The lowest BCUT2D eigenvalue weighted by molar-refractivity contribution is -0.104. The van der Waals surface area contributed by atoms with Gasteiger partial charge in [-0.15, -0.1) is 0 Å². The molecule has 6 heteroatoms. The maximum absolute atomic E-state index is 11.8. The summed E-state index contributed by atoms with van der Waals surface area (Å²) in [5.74, 6) is 0. The van der Waals surface area contributed by atoms with Crippen LogP contribution in [0.4, 0.5) is 18.0 Å². The highest BCUT2D eigenvalue weighted by molar-refractivity contribution is 5.60. The molecule has 0 aromatic rings. The summed E-state index contributed by atoms with van der Waals surface area (Å²) in [7, 11) is 0. The van der Waals surface area contributed by atoms with Crippen LogP contribution in [0.25, 0.3) is 0 Å². The van der Waals surface area contributed by atoms with Crippen molar-refractivity contribution >= 4 is 6.16 Å². The van der Waals surface area contributed by atoms with Crippen LogP contribution in [-0.2, 0) is 9.47 Å². The van der Waals surface area contributed by atoms with Gasteiger partial charge in [-0.2, -0.15) is 4.39 Å². The van der Waals surface area contributed by atoms with Gasteiger partial charge >= 0.3 is 18.9 Å². The highest BCUT2D eigenvalue weighted by Gasteiger charge is 2.23. The maximum Gasteiger partial charge on any atom is 0.516 e. The molecule has 0 aliphatic carbocycles. The van der Waals surface area contributed by atoms with Crippen LogP contribution in [0.15, 0.2) is 12.8 Å². The molecule has 0 N–H and O–H groups in total. The highest BCUT2D eigenvalue weighted by atomic mass is 19.3. The lowest BCUT2D eigenvalue weighted by atomic mass is 10.7. The van der Waals surface area contributed by atoms with E-state index in [0.29, 0.717) is 6.26 Å². The second-order valence-corrected chi connectivity index (χ2v) is 1.34. The molecule has 0 saturated heterocycles. The zero-order valence-corrected chi connectivity index (χ0v) is 5.30. The fraction of sp³-hybridized carbons (Fsp3) is 0.400. The summed E-state index contributed by atoms with van der Waals surface area (Å²) in [6.07, 6.45) is -7.23. The standard InChI is InChI=1S/C5H5F3O3/c1-2-10-5(9)11-4(8)3(6)7/h2-4H,1H2. The van der Waals surface area contributed by atoms with Gasteiger partial charge in [-0.05, 0) is 0 Å². The van der Waals surface area contributed by atoms with Crippen LogP contribution >= 0.6 is 0 Å². The molecular formula is C5H5F3O3. The van der Waals surface area contributed by atoms with Gasteiger partial charge in [-0.25, -0.2) is 13.6 Å². The van der Waals surface area contributed by atoms with Crippen molar-refractivity contribution in [3.63, 3.8) is 0 Å². The molecule has 1 atom stereocenters.